The lowest BCUT2D eigenvalue weighted by molar-refractivity contribution is -0.140. The molecule has 2 rings (SSSR count). The fraction of sp³-hybridized carbons (Fsp3) is 0.571. The lowest BCUT2D eigenvalue weighted by Gasteiger charge is -2.28. The monoisotopic (exact) mass is 344 g/mol. The van der Waals surface area contributed by atoms with Crippen LogP contribution in [0.5, 0.6) is 0 Å². The van der Waals surface area contributed by atoms with E-state index in [0.717, 1.165) is 22.8 Å². The van der Waals surface area contributed by atoms with E-state index in [-0.39, 0.29) is 19.8 Å². The Kier molecular flexibility index (Phi) is 6.69. The van der Waals surface area contributed by atoms with Crippen molar-refractivity contribution < 1.29 is 19.4 Å². The lowest BCUT2D eigenvalue weighted by atomic mass is 10.0. The molecule has 0 radical (unpaired) electrons. The first kappa shape index (κ1) is 17.3. The van der Waals surface area contributed by atoms with Gasteiger partial charge < -0.3 is 20.5 Å². The van der Waals surface area contributed by atoms with Crippen LogP contribution < -0.4 is 10.6 Å². The van der Waals surface area contributed by atoms with Crippen LogP contribution in [0.3, 0.4) is 0 Å². The number of aliphatic hydroxyl groups is 1. The molecule has 0 aliphatic carbocycles. The summed E-state index contributed by atoms with van der Waals surface area (Å²) in [4.78, 5) is 24.6. The highest BCUT2D eigenvalue weighted by Gasteiger charge is 2.36. The molecule has 0 saturated carbocycles. The van der Waals surface area contributed by atoms with E-state index in [0.29, 0.717) is 6.54 Å². The standard InChI is InChI=1S/C14H20N2O4S2/c17-4-5-20-14(3-7-21-10-14)9-16-13(19)12(18)15-8-11-2-1-6-22-11/h1-2,6,17H,3-5,7-10H2,(H,15,18)(H,16,19). The predicted octanol–water partition coefficient (Wildman–Crippen LogP) is 0.365. The summed E-state index contributed by atoms with van der Waals surface area (Å²) in [5, 5.41) is 16.0. The Labute approximate surface area is 137 Å². The first-order valence-corrected chi connectivity index (χ1v) is 9.10. The zero-order valence-electron chi connectivity index (χ0n) is 12.2. The van der Waals surface area contributed by atoms with Crippen LogP contribution in [0.15, 0.2) is 17.5 Å². The quantitative estimate of drug-likeness (QED) is 0.622. The Morgan fingerprint density at radius 2 is 2.18 bits per heavy atom. The van der Waals surface area contributed by atoms with Crippen LogP contribution in [0.1, 0.15) is 11.3 Å². The van der Waals surface area contributed by atoms with E-state index < -0.39 is 17.4 Å². The molecule has 1 saturated heterocycles. The molecule has 2 heterocycles. The van der Waals surface area contributed by atoms with Crippen molar-refractivity contribution in [3.8, 4) is 0 Å². The van der Waals surface area contributed by atoms with Gasteiger partial charge in [-0.25, -0.2) is 0 Å². The van der Waals surface area contributed by atoms with Gasteiger partial charge in [0.1, 0.15) is 0 Å². The molecule has 0 bridgehead atoms. The number of hydrogen-bond donors (Lipinski definition) is 3. The summed E-state index contributed by atoms with van der Waals surface area (Å²) < 4.78 is 5.67. The fourth-order valence-corrected chi connectivity index (χ4v) is 4.14. The van der Waals surface area contributed by atoms with Gasteiger partial charge in [0.25, 0.3) is 0 Å². The number of nitrogens with one attached hydrogen (secondary N) is 2. The predicted molar refractivity (Wildman–Crippen MR) is 86.9 cm³/mol. The number of rotatable bonds is 7. The van der Waals surface area contributed by atoms with E-state index in [9.17, 15) is 9.59 Å². The highest BCUT2D eigenvalue weighted by molar-refractivity contribution is 7.99. The molecule has 1 aromatic heterocycles. The van der Waals surface area contributed by atoms with Gasteiger partial charge in [0.15, 0.2) is 0 Å². The number of carbonyl (C=O) groups excluding carboxylic acids is 2. The minimum absolute atomic E-state index is 0.0539. The molecular formula is C14H20N2O4S2. The Morgan fingerprint density at radius 1 is 1.36 bits per heavy atom. The maximum atomic E-state index is 11.8. The minimum atomic E-state index is -0.652. The van der Waals surface area contributed by atoms with E-state index in [1.807, 2.05) is 17.5 Å². The smallest absolute Gasteiger partial charge is 0.309 e. The molecule has 1 fully saturated rings. The van der Waals surface area contributed by atoms with Gasteiger partial charge in [-0.3, -0.25) is 9.59 Å². The van der Waals surface area contributed by atoms with Crippen LogP contribution in [-0.4, -0.2) is 53.8 Å². The Morgan fingerprint density at radius 3 is 2.82 bits per heavy atom. The summed E-state index contributed by atoms with van der Waals surface area (Å²) >= 11 is 3.27. The molecule has 1 atom stereocenters. The van der Waals surface area contributed by atoms with E-state index in [1.54, 1.807) is 11.8 Å². The van der Waals surface area contributed by atoms with E-state index >= 15 is 0 Å². The number of thiophene rings is 1. The zero-order chi connectivity index (χ0) is 15.8. The lowest BCUT2D eigenvalue weighted by Crippen LogP contribution is -2.49. The molecule has 8 heteroatoms. The van der Waals surface area contributed by atoms with E-state index in [2.05, 4.69) is 10.6 Å². The second kappa shape index (κ2) is 8.52. The summed E-state index contributed by atoms with van der Waals surface area (Å²) in [5.41, 5.74) is -0.475. The fourth-order valence-electron chi connectivity index (χ4n) is 2.14. The SMILES string of the molecule is O=C(NCc1cccs1)C(=O)NCC1(OCCO)CCSC1. The van der Waals surface area contributed by atoms with Crippen LogP contribution in [0.25, 0.3) is 0 Å². The summed E-state index contributed by atoms with van der Waals surface area (Å²) in [6.07, 6.45) is 0.800. The van der Waals surface area contributed by atoms with Crippen molar-refractivity contribution in [3.05, 3.63) is 22.4 Å². The molecule has 0 spiro atoms. The van der Waals surface area contributed by atoms with Crippen LogP contribution in [0.2, 0.25) is 0 Å². The van der Waals surface area contributed by atoms with Crippen LogP contribution in [-0.2, 0) is 20.9 Å². The van der Waals surface area contributed by atoms with E-state index in [4.69, 9.17) is 9.84 Å². The van der Waals surface area contributed by atoms with Crippen LogP contribution in [0, 0.1) is 0 Å². The molecule has 2 amide bonds. The van der Waals surface area contributed by atoms with Crippen molar-refractivity contribution in [2.24, 2.45) is 0 Å². The van der Waals surface area contributed by atoms with Gasteiger partial charge in [-0.2, -0.15) is 11.8 Å². The third-order valence-corrected chi connectivity index (χ3v) is 5.45. The molecule has 22 heavy (non-hydrogen) atoms. The zero-order valence-corrected chi connectivity index (χ0v) is 13.8. The van der Waals surface area contributed by atoms with Crippen LogP contribution >= 0.6 is 23.1 Å². The normalized spacial score (nSPS) is 20.8. The first-order valence-electron chi connectivity index (χ1n) is 7.06. The second-order valence-electron chi connectivity index (χ2n) is 5.00. The number of carbonyl (C=O) groups is 2. The van der Waals surface area contributed by atoms with E-state index in [1.165, 1.54) is 11.3 Å². The van der Waals surface area contributed by atoms with Gasteiger partial charge in [0, 0.05) is 17.2 Å². The van der Waals surface area contributed by atoms with Crippen molar-refractivity contribution >= 4 is 34.9 Å². The summed E-state index contributed by atoms with van der Waals surface area (Å²) in [6, 6.07) is 3.79. The molecule has 6 nitrogen and oxygen atoms in total. The number of thioether (sulfide) groups is 1. The Bertz CT molecular complexity index is 487. The molecule has 1 unspecified atom stereocenters. The van der Waals surface area contributed by atoms with Crippen molar-refractivity contribution in [1.29, 1.82) is 0 Å². The topological polar surface area (TPSA) is 87.7 Å². The maximum Gasteiger partial charge on any atom is 0.309 e. The number of ether oxygens (including phenoxy) is 1. The van der Waals surface area contributed by atoms with Crippen molar-refractivity contribution in [2.45, 2.75) is 18.6 Å². The minimum Gasteiger partial charge on any atom is -0.394 e. The van der Waals surface area contributed by atoms with Gasteiger partial charge in [-0.05, 0) is 23.6 Å². The van der Waals surface area contributed by atoms with Gasteiger partial charge in [-0.15, -0.1) is 11.3 Å². The third-order valence-electron chi connectivity index (χ3n) is 3.35. The molecule has 122 valence electrons. The van der Waals surface area contributed by atoms with Gasteiger partial charge >= 0.3 is 11.8 Å². The highest BCUT2D eigenvalue weighted by Crippen LogP contribution is 2.30. The number of aliphatic hydroxyl groups excluding tert-OH is 1. The second-order valence-corrected chi connectivity index (χ2v) is 7.14. The summed E-state index contributed by atoms with van der Waals surface area (Å²) in [7, 11) is 0. The van der Waals surface area contributed by atoms with Gasteiger partial charge in [-0.1, -0.05) is 6.07 Å². The molecule has 0 aromatic carbocycles. The average Bonchev–Trinajstić information content (AvgIpc) is 3.20. The van der Waals surface area contributed by atoms with Gasteiger partial charge in [0.05, 0.1) is 25.4 Å². The van der Waals surface area contributed by atoms with Gasteiger partial charge in [0.2, 0.25) is 0 Å². The molecule has 1 aliphatic rings. The maximum absolute atomic E-state index is 11.8. The largest absolute Gasteiger partial charge is 0.394 e. The molecule has 1 aromatic rings. The molecule has 1 aliphatic heterocycles. The number of hydrogen-bond acceptors (Lipinski definition) is 6. The summed E-state index contributed by atoms with van der Waals surface area (Å²) in [5.74, 6) is 0.410. The van der Waals surface area contributed by atoms with Crippen molar-refractivity contribution in [3.63, 3.8) is 0 Å². The molecule has 3 N–H and O–H groups in total. The van der Waals surface area contributed by atoms with Crippen molar-refractivity contribution in [2.75, 3.05) is 31.3 Å². The average molecular weight is 344 g/mol. The highest BCUT2D eigenvalue weighted by atomic mass is 32.2. The van der Waals surface area contributed by atoms with Crippen molar-refractivity contribution in [1.82, 2.24) is 10.6 Å². The summed E-state index contributed by atoms with van der Waals surface area (Å²) in [6.45, 7) is 0.819. The van der Waals surface area contributed by atoms with Crippen LogP contribution in [0.4, 0.5) is 0 Å². The first-order chi connectivity index (χ1) is 10.7. The third kappa shape index (κ3) is 4.98. The Hall–Kier alpha value is -1.09. The molecular weight excluding hydrogens is 324 g/mol. The Balaban J connectivity index is 1.76. The number of amides is 2.